The van der Waals surface area contributed by atoms with Crippen LogP contribution in [0.1, 0.15) is 28.1 Å². The van der Waals surface area contributed by atoms with Crippen LogP contribution >= 0.6 is 11.8 Å². The summed E-state index contributed by atoms with van der Waals surface area (Å²) in [4.78, 5) is 17.2. The van der Waals surface area contributed by atoms with E-state index in [0.717, 1.165) is 38.8 Å². The van der Waals surface area contributed by atoms with Gasteiger partial charge in [-0.1, -0.05) is 54.1 Å². The lowest BCUT2D eigenvalue weighted by Gasteiger charge is -2.20. The van der Waals surface area contributed by atoms with E-state index in [2.05, 4.69) is 45.0 Å². The number of thioether (sulfide) groups is 1. The van der Waals surface area contributed by atoms with E-state index >= 15 is 0 Å². The lowest BCUT2D eigenvalue weighted by atomic mass is 10.1. The second kappa shape index (κ2) is 8.46. The van der Waals surface area contributed by atoms with Gasteiger partial charge in [0.1, 0.15) is 5.04 Å². The summed E-state index contributed by atoms with van der Waals surface area (Å²) in [7, 11) is 0. The van der Waals surface area contributed by atoms with Crippen molar-refractivity contribution in [1.29, 1.82) is 5.41 Å². The molecule has 6 rings (SSSR count). The van der Waals surface area contributed by atoms with Gasteiger partial charge in [0.25, 0.3) is 5.91 Å². The smallest absolute Gasteiger partial charge is 0.283 e. The minimum absolute atomic E-state index is 0.0376. The lowest BCUT2D eigenvalue weighted by Crippen LogP contribution is -2.35. The number of hydrogen-bond donors (Lipinski definition) is 1. The molecule has 0 bridgehead atoms. The first-order chi connectivity index (χ1) is 17.4. The Labute approximate surface area is 213 Å². The van der Waals surface area contributed by atoms with E-state index in [9.17, 15) is 4.79 Å². The van der Waals surface area contributed by atoms with Crippen LogP contribution in [0.25, 0.3) is 22.5 Å². The summed E-state index contributed by atoms with van der Waals surface area (Å²) in [6.45, 7) is 6.10. The number of fused-ring (bicyclic) bond motifs is 2. The number of benzene rings is 3. The first-order valence-corrected chi connectivity index (χ1v) is 12.5. The fourth-order valence-corrected chi connectivity index (χ4v) is 5.58. The minimum Gasteiger partial charge on any atom is -0.318 e. The molecule has 0 spiro atoms. The average molecular weight is 490 g/mol. The van der Waals surface area contributed by atoms with Crippen molar-refractivity contribution in [3.63, 3.8) is 0 Å². The summed E-state index contributed by atoms with van der Waals surface area (Å²) >= 11 is 1.31. The van der Waals surface area contributed by atoms with E-state index < -0.39 is 5.91 Å². The fourth-order valence-electron chi connectivity index (χ4n) is 4.69. The molecule has 3 heterocycles. The number of rotatable bonds is 3. The Kier molecular flexibility index (Phi) is 5.23. The standard InChI is InChI=1S/C29H23N5OS/c1-17-7-6-10-22(13-17)28-32-34-26(30)25(27(35)31-29(34)36-28)16-23-14-18(2)33(19(23)3)24-12-11-20-8-4-5-9-21(20)15-24/h4-16,30H,1-3H3/b25-16-,30-26?. The molecule has 2 aliphatic rings. The van der Waals surface area contributed by atoms with Crippen molar-refractivity contribution in [2.45, 2.75) is 20.8 Å². The third-order valence-electron chi connectivity index (χ3n) is 6.48. The Morgan fingerprint density at radius 2 is 1.72 bits per heavy atom. The molecule has 4 aromatic rings. The third kappa shape index (κ3) is 3.69. The van der Waals surface area contributed by atoms with Crippen molar-refractivity contribution in [2.75, 3.05) is 0 Å². The molecule has 1 aromatic heterocycles. The maximum Gasteiger partial charge on any atom is 0.283 e. The number of hydrazone groups is 1. The highest BCUT2D eigenvalue weighted by molar-refractivity contribution is 8.27. The number of nitrogens with zero attached hydrogens (tertiary/aromatic N) is 4. The Hall–Kier alpha value is -4.23. The van der Waals surface area contributed by atoms with Gasteiger partial charge in [-0.3, -0.25) is 10.2 Å². The number of hydrogen-bond acceptors (Lipinski definition) is 4. The van der Waals surface area contributed by atoms with E-state index in [1.165, 1.54) is 27.5 Å². The predicted octanol–water partition coefficient (Wildman–Crippen LogP) is 6.22. The summed E-state index contributed by atoms with van der Waals surface area (Å²) in [6.07, 6.45) is 1.76. The molecule has 0 atom stereocenters. The molecule has 6 nitrogen and oxygen atoms in total. The monoisotopic (exact) mass is 489 g/mol. The number of amides is 1. The highest BCUT2D eigenvalue weighted by Gasteiger charge is 2.36. The summed E-state index contributed by atoms with van der Waals surface area (Å²) in [5, 5.41) is 18.3. The zero-order chi connectivity index (χ0) is 25.0. The normalized spacial score (nSPS) is 16.5. The van der Waals surface area contributed by atoms with Gasteiger partial charge in [0.05, 0.1) is 5.57 Å². The van der Waals surface area contributed by atoms with Gasteiger partial charge in [0.2, 0.25) is 5.17 Å². The molecule has 0 aliphatic carbocycles. The molecule has 36 heavy (non-hydrogen) atoms. The van der Waals surface area contributed by atoms with Crippen LogP contribution in [0.2, 0.25) is 0 Å². The summed E-state index contributed by atoms with van der Waals surface area (Å²) in [5.74, 6) is -0.384. The van der Waals surface area contributed by atoms with Crippen molar-refractivity contribution in [3.05, 3.63) is 106 Å². The molecule has 0 saturated heterocycles. The van der Waals surface area contributed by atoms with Crippen molar-refractivity contribution >= 4 is 50.6 Å². The van der Waals surface area contributed by atoms with Crippen LogP contribution in [-0.4, -0.2) is 31.5 Å². The second-order valence-electron chi connectivity index (χ2n) is 8.99. The highest BCUT2D eigenvalue weighted by atomic mass is 32.2. The molecule has 1 N–H and O–H groups in total. The van der Waals surface area contributed by atoms with Crippen molar-refractivity contribution in [1.82, 2.24) is 9.58 Å². The largest absolute Gasteiger partial charge is 0.318 e. The Morgan fingerprint density at radius 1 is 0.917 bits per heavy atom. The zero-order valence-corrected chi connectivity index (χ0v) is 20.9. The molecular formula is C29H23N5OS. The van der Waals surface area contributed by atoms with E-state index in [1.807, 2.05) is 63.2 Å². The van der Waals surface area contributed by atoms with Crippen LogP contribution in [0, 0.1) is 26.2 Å². The molecule has 7 heteroatoms. The number of aromatic nitrogens is 1. The van der Waals surface area contributed by atoms with Crippen LogP contribution in [0.3, 0.4) is 0 Å². The maximum atomic E-state index is 13.0. The third-order valence-corrected chi connectivity index (χ3v) is 7.44. The second-order valence-corrected chi connectivity index (χ2v) is 9.94. The molecule has 0 unspecified atom stereocenters. The molecular weight excluding hydrogens is 466 g/mol. The average Bonchev–Trinajstić information content (AvgIpc) is 3.41. The van der Waals surface area contributed by atoms with Crippen molar-refractivity contribution in [3.8, 4) is 5.69 Å². The molecule has 3 aromatic carbocycles. The van der Waals surface area contributed by atoms with Crippen molar-refractivity contribution in [2.24, 2.45) is 10.1 Å². The molecule has 2 aliphatic heterocycles. The summed E-state index contributed by atoms with van der Waals surface area (Å²) < 4.78 is 2.17. The van der Waals surface area contributed by atoms with E-state index in [4.69, 9.17) is 5.41 Å². The van der Waals surface area contributed by atoms with Crippen LogP contribution < -0.4 is 0 Å². The number of carbonyl (C=O) groups is 1. The Morgan fingerprint density at radius 3 is 2.53 bits per heavy atom. The molecule has 1 amide bonds. The van der Waals surface area contributed by atoms with Gasteiger partial charge in [0.15, 0.2) is 5.84 Å². The molecule has 0 saturated carbocycles. The Balaban J connectivity index is 1.37. The van der Waals surface area contributed by atoms with Crippen LogP contribution in [-0.2, 0) is 4.79 Å². The van der Waals surface area contributed by atoms with Gasteiger partial charge in [-0.15, -0.1) is 0 Å². The fraction of sp³-hybridized carbons (Fsp3) is 0.103. The van der Waals surface area contributed by atoms with Crippen LogP contribution in [0.4, 0.5) is 0 Å². The van der Waals surface area contributed by atoms with Gasteiger partial charge < -0.3 is 4.57 Å². The summed E-state index contributed by atoms with van der Waals surface area (Å²) in [5.41, 5.74) is 6.27. The van der Waals surface area contributed by atoms with E-state index in [-0.39, 0.29) is 11.4 Å². The minimum atomic E-state index is -0.421. The van der Waals surface area contributed by atoms with Crippen LogP contribution in [0.15, 0.2) is 88.5 Å². The zero-order valence-electron chi connectivity index (χ0n) is 20.1. The number of carbonyl (C=O) groups excluding carboxylic acids is 1. The predicted molar refractivity (Wildman–Crippen MR) is 148 cm³/mol. The van der Waals surface area contributed by atoms with E-state index in [1.54, 1.807) is 6.08 Å². The highest BCUT2D eigenvalue weighted by Crippen LogP contribution is 2.32. The van der Waals surface area contributed by atoms with Gasteiger partial charge in [-0.25, -0.2) is 0 Å². The molecule has 176 valence electrons. The Bertz CT molecular complexity index is 1690. The molecule has 0 fully saturated rings. The number of nitrogens with one attached hydrogen (secondary N) is 1. The topological polar surface area (TPSA) is 73.8 Å². The first kappa shape index (κ1) is 22.2. The maximum absolute atomic E-state index is 13.0. The quantitative estimate of drug-likeness (QED) is 0.347. The van der Waals surface area contributed by atoms with Crippen LogP contribution in [0.5, 0.6) is 0 Å². The first-order valence-electron chi connectivity index (χ1n) is 11.6. The van der Waals surface area contributed by atoms with Gasteiger partial charge >= 0.3 is 0 Å². The summed E-state index contributed by atoms with van der Waals surface area (Å²) in [6, 6.07) is 24.7. The number of amidine groups is 2. The lowest BCUT2D eigenvalue weighted by molar-refractivity contribution is -0.114. The number of aliphatic imine (C=N–C) groups is 1. The van der Waals surface area contributed by atoms with Gasteiger partial charge in [-0.2, -0.15) is 15.1 Å². The SMILES string of the molecule is Cc1cccc(C2=NN3C(=N)/C(=C/c4cc(C)n(-c5ccc6ccccc6c5)c4C)C(=O)N=C3S2)c1. The molecule has 0 radical (unpaired) electrons. The van der Waals surface area contributed by atoms with Gasteiger partial charge in [0, 0.05) is 22.6 Å². The van der Waals surface area contributed by atoms with E-state index in [0.29, 0.717) is 5.17 Å². The van der Waals surface area contributed by atoms with Crippen molar-refractivity contribution < 1.29 is 4.79 Å². The van der Waals surface area contributed by atoms with Gasteiger partial charge in [-0.05, 0) is 79.2 Å². The number of aryl methyl sites for hydroxylation is 2.